The van der Waals surface area contributed by atoms with Crippen molar-refractivity contribution < 1.29 is 33.0 Å². The summed E-state index contributed by atoms with van der Waals surface area (Å²) < 4.78 is 21.1. The Hall–Kier alpha value is -4.78. The number of amides is 4. The summed E-state index contributed by atoms with van der Waals surface area (Å²) in [5.41, 5.74) is 7.42. The van der Waals surface area contributed by atoms with Crippen molar-refractivity contribution in [2.45, 2.75) is 39.0 Å². The molecule has 0 bridgehead atoms. The van der Waals surface area contributed by atoms with Gasteiger partial charge in [0.15, 0.2) is 12.2 Å². The van der Waals surface area contributed by atoms with Gasteiger partial charge in [0.05, 0.1) is 24.9 Å². The summed E-state index contributed by atoms with van der Waals surface area (Å²) in [6.45, 7) is 5.28. The number of hydrogen-bond acceptors (Lipinski definition) is 9. The minimum Gasteiger partial charge on any atom is -0.496 e. The highest BCUT2D eigenvalue weighted by atomic mass is 16.6. The second-order valence-corrected chi connectivity index (χ2v) is 9.59. The van der Waals surface area contributed by atoms with Crippen molar-refractivity contribution in [3.63, 3.8) is 0 Å². The molecule has 0 radical (unpaired) electrons. The molecular weight excluding hydrogens is 520 g/mol. The van der Waals surface area contributed by atoms with E-state index in [2.05, 4.69) is 26.3 Å². The number of anilines is 2. The summed E-state index contributed by atoms with van der Waals surface area (Å²) in [5, 5.41) is 10.7. The number of carbonyl (C=O) groups is 3. The number of nitrogens with two attached hydrogens (primary N) is 1. The van der Waals surface area contributed by atoms with Gasteiger partial charge in [-0.15, -0.1) is 0 Å². The van der Waals surface area contributed by atoms with Crippen molar-refractivity contribution in [3.05, 3.63) is 60.6 Å². The maximum atomic E-state index is 12.6. The quantitative estimate of drug-likeness (QED) is 0.247. The summed E-state index contributed by atoms with van der Waals surface area (Å²) in [6.07, 6.45) is 1.55. The molecule has 0 aliphatic heterocycles. The van der Waals surface area contributed by atoms with Crippen molar-refractivity contribution >= 4 is 29.6 Å². The molecule has 13 heteroatoms. The molecule has 1 heterocycles. The Balaban J connectivity index is 1.47. The number of oxazole rings is 1. The second kappa shape index (κ2) is 13.8. The van der Waals surface area contributed by atoms with E-state index in [1.54, 1.807) is 69.4 Å². The molecule has 0 unspecified atom stereocenters. The van der Waals surface area contributed by atoms with E-state index in [-0.39, 0.29) is 19.7 Å². The number of urea groups is 1. The summed E-state index contributed by atoms with van der Waals surface area (Å²) >= 11 is 0. The van der Waals surface area contributed by atoms with Gasteiger partial charge in [-0.2, -0.15) is 0 Å². The Kier molecular flexibility index (Phi) is 10.3. The lowest BCUT2D eigenvalue weighted by molar-refractivity contribution is 0.0474. The van der Waals surface area contributed by atoms with Crippen LogP contribution in [0.2, 0.25) is 0 Å². The van der Waals surface area contributed by atoms with Crippen LogP contribution in [0.1, 0.15) is 26.3 Å². The molecule has 0 spiro atoms. The predicted molar refractivity (Wildman–Crippen MR) is 148 cm³/mol. The number of nitrogens with zero attached hydrogens (tertiary/aromatic N) is 1. The van der Waals surface area contributed by atoms with Gasteiger partial charge in [-0.25, -0.2) is 19.4 Å². The fourth-order valence-electron chi connectivity index (χ4n) is 3.42. The van der Waals surface area contributed by atoms with Crippen LogP contribution in [-0.2, 0) is 16.0 Å². The average molecular weight is 555 g/mol. The van der Waals surface area contributed by atoms with Crippen molar-refractivity contribution in [2.24, 2.45) is 5.73 Å². The lowest BCUT2D eigenvalue weighted by Crippen LogP contribution is -2.46. The zero-order valence-electron chi connectivity index (χ0n) is 22.8. The fraction of sp³-hybridized carbons (Fsp3) is 0.333. The first-order chi connectivity index (χ1) is 19.1. The van der Waals surface area contributed by atoms with Gasteiger partial charge in [0.1, 0.15) is 18.0 Å². The molecule has 0 fully saturated rings. The number of methoxy groups -OCH3 is 1. The van der Waals surface area contributed by atoms with Gasteiger partial charge in [0.25, 0.3) is 0 Å². The van der Waals surface area contributed by atoms with Crippen molar-refractivity contribution in [1.82, 2.24) is 15.6 Å². The molecule has 0 saturated heterocycles. The number of hydrogen-bond donors (Lipinski definition) is 5. The van der Waals surface area contributed by atoms with Crippen LogP contribution in [0.4, 0.5) is 25.8 Å². The van der Waals surface area contributed by atoms with Crippen LogP contribution in [0.25, 0.3) is 11.3 Å². The molecule has 3 rings (SSSR count). The standard InChI is InChI=1S/C27H34N6O7/c1-27(2,3)40-26(36)33-20(12-28)15-38-25(35)30-13-17-6-5-7-18(10-17)31-24(34)32-19-8-9-21(22(11-19)37-4)23-14-29-16-39-23/h5-11,14,16,20H,12-13,15,28H2,1-4H3,(H,30,35)(H,33,36)(H2,31,32,34)/t20-/m0/s1. The molecule has 6 N–H and O–H groups in total. The molecule has 1 atom stereocenters. The highest BCUT2D eigenvalue weighted by Gasteiger charge is 2.20. The van der Waals surface area contributed by atoms with E-state index >= 15 is 0 Å². The molecule has 0 saturated carbocycles. The van der Waals surface area contributed by atoms with Crippen LogP contribution in [0.5, 0.6) is 5.75 Å². The van der Waals surface area contributed by atoms with Crippen LogP contribution in [-0.4, -0.2) is 55.1 Å². The minimum atomic E-state index is -0.691. The molecule has 0 aliphatic carbocycles. The number of rotatable bonds is 10. The largest absolute Gasteiger partial charge is 0.496 e. The molecule has 4 amide bonds. The maximum Gasteiger partial charge on any atom is 0.408 e. The van der Waals surface area contributed by atoms with E-state index in [0.717, 1.165) is 5.56 Å². The predicted octanol–water partition coefficient (Wildman–Crippen LogP) is 4.07. The number of alkyl carbamates (subject to hydrolysis) is 2. The third-order valence-electron chi connectivity index (χ3n) is 5.20. The topological polar surface area (TPSA) is 179 Å². The first kappa shape index (κ1) is 29.8. The van der Waals surface area contributed by atoms with Crippen LogP contribution in [0.15, 0.2) is 59.5 Å². The minimum absolute atomic E-state index is 0.0562. The fourth-order valence-corrected chi connectivity index (χ4v) is 3.42. The van der Waals surface area contributed by atoms with E-state index < -0.39 is 29.9 Å². The first-order valence-corrected chi connectivity index (χ1v) is 12.4. The average Bonchev–Trinajstić information content (AvgIpc) is 3.43. The normalized spacial score (nSPS) is 11.6. The molecule has 1 aromatic heterocycles. The molecular formula is C27H34N6O7. The van der Waals surface area contributed by atoms with Crippen molar-refractivity contribution in [3.8, 4) is 17.1 Å². The third kappa shape index (κ3) is 9.51. The smallest absolute Gasteiger partial charge is 0.408 e. The van der Waals surface area contributed by atoms with Gasteiger partial charge in [0.2, 0.25) is 0 Å². The third-order valence-corrected chi connectivity index (χ3v) is 5.20. The monoisotopic (exact) mass is 554 g/mol. The highest BCUT2D eigenvalue weighted by molar-refractivity contribution is 6.00. The Labute approximate surface area is 231 Å². The van der Waals surface area contributed by atoms with Crippen LogP contribution >= 0.6 is 0 Å². The summed E-state index contributed by atoms with van der Waals surface area (Å²) in [5.74, 6) is 1.05. The van der Waals surface area contributed by atoms with E-state index in [1.165, 1.54) is 13.5 Å². The zero-order chi connectivity index (χ0) is 29.1. The van der Waals surface area contributed by atoms with E-state index in [1.807, 2.05) is 0 Å². The Morgan fingerprint density at radius 2 is 1.80 bits per heavy atom. The van der Waals surface area contributed by atoms with Crippen LogP contribution in [0, 0.1) is 0 Å². The summed E-state index contributed by atoms with van der Waals surface area (Å²) in [7, 11) is 1.52. The number of ether oxygens (including phenoxy) is 3. The Morgan fingerprint density at radius 3 is 2.45 bits per heavy atom. The van der Waals surface area contributed by atoms with E-state index in [0.29, 0.717) is 28.4 Å². The Bertz CT molecular complexity index is 1290. The SMILES string of the molecule is COc1cc(NC(=O)Nc2cccc(CNC(=O)OC[C@H](CN)NC(=O)OC(C)(C)C)c2)ccc1-c1cnco1. The number of nitrogens with one attached hydrogen (secondary N) is 4. The Morgan fingerprint density at radius 1 is 1.05 bits per heavy atom. The number of aromatic nitrogens is 1. The van der Waals surface area contributed by atoms with E-state index in [4.69, 9.17) is 24.4 Å². The van der Waals surface area contributed by atoms with Gasteiger partial charge in [-0.3, -0.25) is 0 Å². The lowest BCUT2D eigenvalue weighted by atomic mass is 10.1. The second-order valence-electron chi connectivity index (χ2n) is 9.59. The molecule has 2 aromatic carbocycles. The summed E-state index contributed by atoms with van der Waals surface area (Å²) in [6, 6.07) is 11.0. The van der Waals surface area contributed by atoms with Crippen molar-refractivity contribution in [1.29, 1.82) is 0 Å². The maximum absolute atomic E-state index is 12.6. The molecule has 40 heavy (non-hydrogen) atoms. The van der Waals surface area contributed by atoms with Crippen LogP contribution in [0.3, 0.4) is 0 Å². The number of benzene rings is 2. The molecule has 0 aliphatic rings. The molecule has 3 aromatic rings. The first-order valence-electron chi connectivity index (χ1n) is 12.4. The van der Waals surface area contributed by atoms with E-state index in [9.17, 15) is 14.4 Å². The van der Waals surface area contributed by atoms with Gasteiger partial charge in [0, 0.05) is 30.5 Å². The van der Waals surface area contributed by atoms with Gasteiger partial charge < -0.3 is 45.6 Å². The zero-order valence-corrected chi connectivity index (χ0v) is 22.8. The lowest BCUT2D eigenvalue weighted by Gasteiger charge is -2.22. The van der Waals surface area contributed by atoms with Gasteiger partial charge >= 0.3 is 18.2 Å². The van der Waals surface area contributed by atoms with Crippen LogP contribution < -0.4 is 31.7 Å². The number of carbonyl (C=O) groups excluding carboxylic acids is 3. The van der Waals surface area contributed by atoms with Gasteiger partial charge in [-0.05, 0) is 50.6 Å². The highest BCUT2D eigenvalue weighted by Crippen LogP contribution is 2.32. The summed E-state index contributed by atoms with van der Waals surface area (Å²) in [4.78, 5) is 40.5. The molecule has 214 valence electrons. The van der Waals surface area contributed by atoms with Crippen molar-refractivity contribution in [2.75, 3.05) is 30.9 Å². The molecule has 13 nitrogen and oxygen atoms in total. The van der Waals surface area contributed by atoms with Gasteiger partial charge in [-0.1, -0.05) is 12.1 Å².